The summed E-state index contributed by atoms with van der Waals surface area (Å²) >= 11 is 1.58. The van der Waals surface area contributed by atoms with E-state index in [0.717, 1.165) is 12.8 Å². The van der Waals surface area contributed by atoms with E-state index in [9.17, 15) is 9.90 Å². The Morgan fingerprint density at radius 2 is 2.11 bits per heavy atom. The first-order chi connectivity index (χ1) is 9.21. The first-order valence-corrected chi connectivity index (χ1v) is 7.86. The number of rotatable bonds is 5. The molecule has 0 radical (unpaired) electrons. The Bertz CT molecular complexity index is 497. The number of amides is 1. The minimum absolute atomic E-state index is 0.0250. The zero-order valence-electron chi connectivity index (χ0n) is 10.9. The lowest BCUT2D eigenvalue weighted by atomic mass is 10.1. The van der Waals surface area contributed by atoms with Crippen LogP contribution < -0.4 is 5.32 Å². The number of carbonyl (C=O) groups excluding carboxylic acids is 1. The molecule has 0 heterocycles. The monoisotopic (exact) mass is 277 g/mol. The first-order valence-electron chi connectivity index (χ1n) is 6.87. The molecule has 0 bridgehead atoms. The minimum atomic E-state index is -0.296. The Kier molecular flexibility index (Phi) is 3.54. The number of hydrogen-bond donors (Lipinski definition) is 2. The number of thioether (sulfide) groups is 1. The third kappa shape index (κ3) is 2.95. The lowest BCUT2D eigenvalue weighted by molar-refractivity contribution is -0.119. The Balaban J connectivity index is 1.53. The van der Waals surface area contributed by atoms with Gasteiger partial charge in [0, 0.05) is 4.90 Å². The Labute approximate surface area is 117 Å². The maximum Gasteiger partial charge on any atom is 0.230 e. The summed E-state index contributed by atoms with van der Waals surface area (Å²) in [6.07, 6.45) is 5.42. The van der Waals surface area contributed by atoms with Crippen molar-refractivity contribution in [2.75, 3.05) is 12.4 Å². The molecule has 0 aliphatic heterocycles. The summed E-state index contributed by atoms with van der Waals surface area (Å²) in [6, 6.07) is 6.53. The van der Waals surface area contributed by atoms with Gasteiger partial charge < -0.3 is 10.4 Å². The highest BCUT2D eigenvalue weighted by atomic mass is 32.2. The fraction of sp³-hybridized carbons (Fsp3) is 0.533. The second-order valence-electron chi connectivity index (χ2n) is 5.56. The van der Waals surface area contributed by atoms with Gasteiger partial charge in [-0.25, -0.2) is 0 Å². The molecule has 1 aromatic carbocycles. The normalized spacial score (nSPS) is 19.0. The Hall–Kier alpha value is -1.00. The molecule has 0 aromatic heterocycles. The molecule has 1 amide bonds. The zero-order valence-corrected chi connectivity index (χ0v) is 11.8. The number of aliphatic hydroxyl groups is 1. The maximum absolute atomic E-state index is 11.8. The number of aryl methyl sites for hydroxylation is 2. The standard InChI is InChI=1S/C15H19NO2S/c17-10-15(6-7-15)16-14(18)9-19-13-5-4-11-2-1-3-12(11)8-13/h4-5,8,17H,1-3,6-7,9-10H2,(H,16,18). The van der Waals surface area contributed by atoms with Crippen LogP contribution in [0.1, 0.15) is 30.4 Å². The molecular weight excluding hydrogens is 258 g/mol. The molecular formula is C15H19NO2S. The van der Waals surface area contributed by atoms with Gasteiger partial charge in [-0.15, -0.1) is 11.8 Å². The van der Waals surface area contributed by atoms with Crippen molar-refractivity contribution in [2.45, 2.75) is 42.5 Å². The van der Waals surface area contributed by atoms with Crippen LogP contribution in [0.25, 0.3) is 0 Å². The molecule has 2 N–H and O–H groups in total. The summed E-state index contributed by atoms with van der Waals surface area (Å²) in [7, 11) is 0. The lowest BCUT2D eigenvalue weighted by Gasteiger charge is -2.14. The van der Waals surface area contributed by atoms with Gasteiger partial charge in [0.05, 0.1) is 17.9 Å². The van der Waals surface area contributed by atoms with Crippen LogP contribution >= 0.6 is 11.8 Å². The molecule has 0 spiro atoms. The van der Waals surface area contributed by atoms with Crippen molar-refractivity contribution in [2.24, 2.45) is 0 Å². The predicted molar refractivity (Wildman–Crippen MR) is 76.4 cm³/mol. The van der Waals surface area contributed by atoms with Gasteiger partial charge in [-0.1, -0.05) is 6.07 Å². The van der Waals surface area contributed by atoms with E-state index in [2.05, 4.69) is 23.5 Å². The van der Waals surface area contributed by atoms with Crippen LogP contribution in [0.2, 0.25) is 0 Å². The number of hydrogen-bond acceptors (Lipinski definition) is 3. The van der Waals surface area contributed by atoms with Crippen molar-refractivity contribution in [1.29, 1.82) is 0 Å². The minimum Gasteiger partial charge on any atom is -0.394 e. The van der Waals surface area contributed by atoms with Crippen molar-refractivity contribution in [1.82, 2.24) is 5.32 Å². The second kappa shape index (κ2) is 5.17. The summed E-state index contributed by atoms with van der Waals surface area (Å²) in [5.74, 6) is 0.456. The zero-order chi connectivity index (χ0) is 13.3. The van der Waals surface area contributed by atoms with E-state index in [4.69, 9.17) is 0 Å². The van der Waals surface area contributed by atoms with Crippen molar-refractivity contribution >= 4 is 17.7 Å². The van der Waals surface area contributed by atoms with Gasteiger partial charge in [0.2, 0.25) is 5.91 Å². The molecule has 3 rings (SSSR count). The van der Waals surface area contributed by atoms with Crippen LogP contribution in [0, 0.1) is 0 Å². The van der Waals surface area contributed by atoms with Crippen LogP contribution in [0.15, 0.2) is 23.1 Å². The molecule has 102 valence electrons. The third-order valence-electron chi connectivity index (χ3n) is 4.00. The van der Waals surface area contributed by atoms with E-state index >= 15 is 0 Å². The summed E-state index contributed by atoms with van der Waals surface area (Å²) in [5.41, 5.74) is 2.61. The van der Waals surface area contributed by atoms with Gasteiger partial charge in [0.15, 0.2) is 0 Å². The van der Waals surface area contributed by atoms with Crippen LogP contribution in [0.5, 0.6) is 0 Å². The van der Waals surface area contributed by atoms with E-state index in [1.807, 2.05) is 0 Å². The molecule has 1 fully saturated rings. The van der Waals surface area contributed by atoms with Crippen LogP contribution in [-0.2, 0) is 17.6 Å². The van der Waals surface area contributed by atoms with Gasteiger partial charge in [0.25, 0.3) is 0 Å². The van der Waals surface area contributed by atoms with Crippen LogP contribution in [0.4, 0.5) is 0 Å². The molecule has 2 aliphatic carbocycles. The van der Waals surface area contributed by atoms with Gasteiger partial charge in [-0.05, 0) is 55.4 Å². The molecule has 19 heavy (non-hydrogen) atoms. The highest BCUT2D eigenvalue weighted by molar-refractivity contribution is 8.00. The number of carbonyl (C=O) groups is 1. The molecule has 1 aromatic rings. The van der Waals surface area contributed by atoms with E-state index in [1.54, 1.807) is 11.8 Å². The molecule has 4 heteroatoms. The first kappa shape index (κ1) is 13.0. The Morgan fingerprint density at radius 1 is 1.32 bits per heavy atom. The fourth-order valence-corrected chi connectivity index (χ4v) is 3.35. The average Bonchev–Trinajstić information content (AvgIpc) is 3.03. The van der Waals surface area contributed by atoms with Gasteiger partial charge in [-0.3, -0.25) is 4.79 Å². The fourth-order valence-electron chi connectivity index (χ4n) is 2.59. The highest BCUT2D eigenvalue weighted by Crippen LogP contribution is 2.34. The van der Waals surface area contributed by atoms with E-state index in [1.165, 1.54) is 35.3 Å². The van der Waals surface area contributed by atoms with E-state index < -0.39 is 0 Å². The number of benzene rings is 1. The smallest absolute Gasteiger partial charge is 0.230 e. The van der Waals surface area contributed by atoms with Gasteiger partial charge >= 0.3 is 0 Å². The summed E-state index contributed by atoms with van der Waals surface area (Å²) in [6.45, 7) is 0.0578. The van der Waals surface area contributed by atoms with Gasteiger partial charge in [0.1, 0.15) is 0 Å². The summed E-state index contributed by atoms with van der Waals surface area (Å²) in [4.78, 5) is 13.0. The van der Waals surface area contributed by atoms with Crippen LogP contribution in [0.3, 0.4) is 0 Å². The molecule has 0 unspecified atom stereocenters. The lowest BCUT2D eigenvalue weighted by Crippen LogP contribution is -2.40. The average molecular weight is 277 g/mol. The molecule has 2 aliphatic rings. The molecule has 0 atom stereocenters. The van der Waals surface area contributed by atoms with Crippen molar-refractivity contribution in [3.8, 4) is 0 Å². The second-order valence-corrected chi connectivity index (χ2v) is 6.61. The largest absolute Gasteiger partial charge is 0.394 e. The van der Waals surface area contributed by atoms with Crippen molar-refractivity contribution in [3.63, 3.8) is 0 Å². The molecule has 3 nitrogen and oxygen atoms in total. The molecule has 1 saturated carbocycles. The van der Waals surface area contributed by atoms with E-state index in [0.29, 0.717) is 5.75 Å². The quantitative estimate of drug-likeness (QED) is 0.808. The number of nitrogens with one attached hydrogen (secondary N) is 1. The highest BCUT2D eigenvalue weighted by Gasteiger charge is 2.43. The van der Waals surface area contributed by atoms with E-state index in [-0.39, 0.29) is 18.1 Å². The van der Waals surface area contributed by atoms with Crippen molar-refractivity contribution in [3.05, 3.63) is 29.3 Å². The number of fused-ring (bicyclic) bond motifs is 1. The summed E-state index contributed by atoms with van der Waals surface area (Å²) in [5, 5.41) is 12.1. The maximum atomic E-state index is 11.8. The SMILES string of the molecule is O=C(CSc1ccc2c(c1)CCC2)NC1(CO)CC1. The predicted octanol–water partition coefficient (Wildman–Crippen LogP) is 1.91. The Morgan fingerprint density at radius 3 is 2.84 bits per heavy atom. The third-order valence-corrected chi connectivity index (χ3v) is 4.99. The summed E-state index contributed by atoms with van der Waals surface area (Å²) < 4.78 is 0. The van der Waals surface area contributed by atoms with Crippen LogP contribution in [-0.4, -0.2) is 28.9 Å². The number of aliphatic hydroxyl groups excluding tert-OH is 1. The molecule has 0 saturated heterocycles. The topological polar surface area (TPSA) is 49.3 Å². The van der Waals surface area contributed by atoms with Gasteiger partial charge in [-0.2, -0.15) is 0 Å². The van der Waals surface area contributed by atoms with Crippen molar-refractivity contribution < 1.29 is 9.90 Å².